The number of nitrogens with one attached hydrogen (secondary N) is 4. The van der Waals surface area contributed by atoms with Crippen LogP contribution < -0.4 is 30.7 Å². The zero-order valence-electron chi connectivity index (χ0n) is 31.5. The van der Waals surface area contributed by atoms with Crippen LogP contribution in [0.2, 0.25) is 0 Å². The Balaban J connectivity index is 1.05. The third-order valence-corrected chi connectivity index (χ3v) is 9.00. The predicted molar refractivity (Wildman–Crippen MR) is 221 cm³/mol. The number of nitriles is 1. The molecule has 58 heavy (non-hydrogen) atoms. The first-order valence-corrected chi connectivity index (χ1v) is 18.1. The van der Waals surface area contributed by atoms with E-state index in [0.29, 0.717) is 51.6 Å². The topological polar surface area (TPSA) is 185 Å². The number of aromatic nitrogens is 6. The molecule has 2 amide bonds. The second-order valence-electron chi connectivity index (χ2n) is 13.1. The molecule has 0 spiro atoms. The maximum absolute atomic E-state index is 11.5. The zero-order chi connectivity index (χ0) is 40.2. The van der Waals surface area contributed by atoms with Gasteiger partial charge in [0, 0.05) is 53.3 Å². The molecule has 0 aliphatic carbocycles. The van der Waals surface area contributed by atoms with Crippen LogP contribution in [-0.4, -0.2) is 48.1 Å². The van der Waals surface area contributed by atoms with Crippen LogP contribution in [0.3, 0.4) is 0 Å². The molecule has 0 aliphatic rings. The molecule has 15 heteroatoms. The minimum Gasteiger partial charge on any atom is -0.493 e. The SMILES string of the molecule is COc1cc(-c2cccc3nc(Nc4ccc(NC(C)=O)cc4)nn23)ccc1OCc1ccc(-c2ccc(C#N)cc2)n2nc(Nc3ccc(NC(C)=O)cc3)nc12. The van der Waals surface area contributed by atoms with Crippen LogP contribution in [0.25, 0.3) is 33.8 Å². The molecule has 0 aliphatic heterocycles. The van der Waals surface area contributed by atoms with E-state index in [4.69, 9.17) is 24.7 Å². The van der Waals surface area contributed by atoms with Crippen molar-refractivity contribution in [3.63, 3.8) is 0 Å². The largest absolute Gasteiger partial charge is 0.493 e. The number of hydrogen-bond donors (Lipinski definition) is 4. The van der Waals surface area contributed by atoms with Crippen LogP contribution in [0.1, 0.15) is 25.0 Å². The number of hydrogen-bond acceptors (Lipinski definition) is 11. The van der Waals surface area contributed by atoms with E-state index < -0.39 is 0 Å². The molecular formula is C43H35N11O4. The molecule has 0 bridgehead atoms. The van der Waals surface area contributed by atoms with Crippen LogP contribution in [0.5, 0.6) is 11.5 Å². The summed E-state index contributed by atoms with van der Waals surface area (Å²) >= 11 is 0. The van der Waals surface area contributed by atoms with E-state index in [1.54, 1.807) is 52.5 Å². The molecule has 0 unspecified atom stereocenters. The van der Waals surface area contributed by atoms with Gasteiger partial charge < -0.3 is 30.7 Å². The average molecular weight is 770 g/mol. The van der Waals surface area contributed by atoms with Gasteiger partial charge in [0.25, 0.3) is 0 Å². The van der Waals surface area contributed by atoms with E-state index in [2.05, 4.69) is 32.3 Å². The molecule has 8 aromatic rings. The van der Waals surface area contributed by atoms with Gasteiger partial charge in [0.15, 0.2) is 22.8 Å². The highest BCUT2D eigenvalue weighted by atomic mass is 16.5. The lowest BCUT2D eigenvalue weighted by molar-refractivity contribution is -0.115. The molecule has 0 radical (unpaired) electrons. The smallest absolute Gasteiger partial charge is 0.247 e. The average Bonchev–Trinajstić information content (AvgIpc) is 3.85. The van der Waals surface area contributed by atoms with Crippen molar-refractivity contribution in [2.75, 3.05) is 28.4 Å². The van der Waals surface area contributed by atoms with Gasteiger partial charge >= 0.3 is 0 Å². The number of ether oxygens (including phenoxy) is 2. The summed E-state index contributed by atoms with van der Waals surface area (Å²) in [5.74, 6) is 1.52. The number of benzene rings is 4. The summed E-state index contributed by atoms with van der Waals surface area (Å²) in [5, 5.41) is 30.9. The normalized spacial score (nSPS) is 10.9. The minimum absolute atomic E-state index is 0.139. The summed E-state index contributed by atoms with van der Waals surface area (Å²) in [6.45, 7) is 3.07. The fourth-order valence-corrected chi connectivity index (χ4v) is 6.33. The fraction of sp³-hybridized carbons (Fsp3) is 0.0930. The first-order valence-electron chi connectivity index (χ1n) is 18.1. The van der Waals surface area contributed by atoms with Gasteiger partial charge in [0.05, 0.1) is 30.1 Å². The van der Waals surface area contributed by atoms with Gasteiger partial charge in [-0.15, -0.1) is 10.2 Å². The van der Waals surface area contributed by atoms with Crippen molar-refractivity contribution in [3.8, 4) is 40.1 Å². The number of carbonyl (C=O) groups is 2. The molecule has 4 N–H and O–H groups in total. The van der Waals surface area contributed by atoms with Crippen LogP contribution in [0, 0.1) is 11.3 Å². The lowest BCUT2D eigenvalue weighted by Crippen LogP contribution is -2.05. The third-order valence-electron chi connectivity index (χ3n) is 9.00. The van der Waals surface area contributed by atoms with Gasteiger partial charge in [0.2, 0.25) is 23.7 Å². The number of anilines is 6. The van der Waals surface area contributed by atoms with Crippen LogP contribution in [0.4, 0.5) is 34.6 Å². The number of fused-ring (bicyclic) bond motifs is 2. The summed E-state index contributed by atoms with van der Waals surface area (Å²) < 4.78 is 15.7. The number of carbonyl (C=O) groups excluding carboxylic acids is 2. The van der Waals surface area contributed by atoms with Gasteiger partial charge in [-0.05, 0) is 103 Å². The van der Waals surface area contributed by atoms with Crippen molar-refractivity contribution in [2.45, 2.75) is 20.5 Å². The Morgan fingerprint density at radius 3 is 1.86 bits per heavy atom. The Labute approximate surface area is 331 Å². The standard InChI is InChI=1S/C43H35N11O4/c1-26(55)45-32-13-17-34(18-14-32)47-42-49-40-6-4-5-36(53(40)51-42)30-12-22-38(39(23-30)57-3)58-25-31-11-21-37(29-9-7-28(24-44)8-10-29)54-41(31)50-43(52-54)48-35-19-15-33(16-20-35)46-27(2)56/h4-23H,25H2,1-3H3,(H,45,55)(H,46,56)(H,47,51)(H,48,52). The molecule has 0 atom stereocenters. The molecule has 286 valence electrons. The molecular weight excluding hydrogens is 735 g/mol. The van der Waals surface area contributed by atoms with E-state index in [1.807, 2.05) is 84.9 Å². The minimum atomic E-state index is -0.154. The summed E-state index contributed by atoms with van der Waals surface area (Å²) in [6, 6.07) is 39.2. The second-order valence-corrected chi connectivity index (χ2v) is 13.1. The number of rotatable bonds is 12. The Hall–Kier alpha value is -8.25. The van der Waals surface area contributed by atoms with Gasteiger partial charge in [0.1, 0.15) is 6.61 Å². The molecule has 0 saturated heterocycles. The highest BCUT2D eigenvalue weighted by molar-refractivity contribution is 5.89. The van der Waals surface area contributed by atoms with E-state index in [1.165, 1.54) is 13.8 Å². The second kappa shape index (κ2) is 15.8. The fourth-order valence-electron chi connectivity index (χ4n) is 6.33. The Morgan fingerprint density at radius 1 is 0.655 bits per heavy atom. The van der Waals surface area contributed by atoms with Crippen LogP contribution >= 0.6 is 0 Å². The number of methoxy groups -OCH3 is 1. The summed E-state index contributed by atoms with van der Waals surface area (Å²) in [4.78, 5) is 32.4. The maximum atomic E-state index is 11.5. The molecule has 15 nitrogen and oxygen atoms in total. The summed E-state index contributed by atoms with van der Waals surface area (Å²) in [7, 11) is 1.59. The highest BCUT2D eigenvalue weighted by Crippen LogP contribution is 2.34. The predicted octanol–water partition coefficient (Wildman–Crippen LogP) is 7.97. The molecule has 8 rings (SSSR count). The molecule has 0 saturated carbocycles. The lowest BCUT2D eigenvalue weighted by Gasteiger charge is -2.14. The summed E-state index contributed by atoms with van der Waals surface area (Å²) in [6.07, 6.45) is 0. The molecule has 4 heterocycles. The Kier molecular flexibility index (Phi) is 10.0. The van der Waals surface area contributed by atoms with Crippen molar-refractivity contribution in [1.82, 2.24) is 29.2 Å². The van der Waals surface area contributed by atoms with E-state index in [0.717, 1.165) is 39.5 Å². The van der Waals surface area contributed by atoms with Crippen LogP contribution in [-0.2, 0) is 16.2 Å². The van der Waals surface area contributed by atoms with Gasteiger partial charge in [-0.1, -0.05) is 18.2 Å². The third kappa shape index (κ3) is 7.93. The van der Waals surface area contributed by atoms with Gasteiger partial charge in [-0.2, -0.15) is 15.2 Å². The monoisotopic (exact) mass is 769 g/mol. The van der Waals surface area contributed by atoms with Crippen LogP contribution in [0.15, 0.2) is 121 Å². The Morgan fingerprint density at radius 2 is 1.24 bits per heavy atom. The van der Waals surface area contributed by atoms with E-state index in [9.17, 15) is 14.9 Å². The van der Waals surface area contributed by atoms with Crippen molar-refractivity contribution in [3.05, 3.63) is 132 Å². The number of nitrogens with zero attached hydrogens (tertiary/aromatic N) is 7. The quantitative estimate of drug-likeness (QED) is 0.0945. The number of amides is 2. The zero-order valence-corrected chi connectivity index (χ0v) is 31.5. The van der Waals surface area contributed by atoms with Gasteiger partial charge in [-0.3, -0.25) is 9.59 Å². The van der Waals surface area contributed by atoms with E-state index in [-0.39, 0.29) is 18.4 Å². The highest BCUT2D eigenvalue weighted by Gasteiger charge is 2.17. The first-order chi connectivity index (χ1) is 28.2. The van der Waals surface area contributed by atoms with Crippen molar-refractivity contribution >= 4 is 57.8 Å². The summed E-state index contributed by atoms with van der Waals surface area (Å²) in [5.41, 5.74) is 8.65. The van der Waals surface area contributed by atoms with Gasteiger partial charge in [-0.25, -0.2) is 9.03 Å². The van der Waals surface area contributed by atoms with Crippen molar-refractivity contribution in [1.29, 1.82) is 5.26 Å². The first kappa shape index (κ1) is 36.7. The Bertz CT molecular complexity index is 2840. The number of pyridine rings is 2. The molecule has 0 fully saturated rings. The molecule has 4 aromatic carbocycles. The maximum Gasteiger partial charge on any atom is 0.247 e. The van der Waals surface area contributed by atoms with Crippen molar-refractivity contribution < 1.29 is 19.1 Å². The lowest BCUT2D eigenvalue weighted by atomic mass is 10.1. The van der Waals surface area contributed by atoms with E-state index >= 15 is 0 Å². The molecule has 4 aromatic heterocycles. The van der Waals surface area contributed by atoms with Crippen molar-refractivity contribution in [2.24, 2.45) is 0 Å².